The molecule has 1 aromatic rings. The lowest BCUT2D eigenvalue weighted by Gasteiger charge is -2.29. The van der Waals surface area contributed by atoms with Crippen LogP contribution < -0.4 is 15.5 Å². The highest BCUT2D eigenvalue weighted by Crippen LogP contribution is 2.17. The van der Waals surface area contributed by atoms with Crippen molar-refractivity contribution < 1.29 is 4.79 Å². The van der Waals surface area contributed by atoms with E-state index < -0.39 is 0 Å². The van der Waals surface area contributed by atoms with E-state index >= 15 is 0 Å². The highest BCUT2D eigenvalue weighted by molar-refractivity contribution is 5.92. The Morgan fingerprint density at radius 2 is 2.10 bits per heavy atom. The predicted octanol–water partition coefficient (Wildman–Crippen LogP) is 1.05. The van der Waals surface area contributed by atoms with Crippen molar-refractivity contribution in [3.05, 3.63) is 17.8 Å². The molecule has 2 heterocycles. The lowest BCUT2D eigenvalue weighted by molar-refractivity contribution is 0.0950. The van der Waals surface area contributed by atoms with Crippen LogP contribution >= 0.6 is 0 Å². The van der Waals surface area contributed by atoms with Gasteiger partial charge in [-0.1, -0.05) is 0 Å². The smallest absolute Gasteiger partial charge is 0.271 e. The molecule has 1 amide bonds. The number of carbonyl (C=O) groups is 1. The van der Waals surface area contributed by atoms with Crippen LogP contribution in [0, 0.1) is 5.92 Å². The van der Waals surface area contributed by atoms with Crippen molar-refractivity contribution in [1.82, 2.24) is 20.8 Å². The average molecular weight is 291 g/mol. The topological polar surface area (TPSA) is 70.2 Å². The fourth-order valence-electron chi connectivity index (χ4n) is 2.63. The van der Waals surface area contributed by atoms with Gasteiger partial charge in [-0.3, -0.25) is 4.79 Å². The molecule has 1 aliphatic heterocycles. The maximum atomic E-state index is 11.7. The summed E-state index contributed by atoms with van der Waals surface area (Å²) in [6.45, 7) is 8.72. The quantitative estimate of drug-likeness (QED) is 0.820. The van der Waals surface area contributed by atoms with Gasteiger partial charge in [0.1, 0.15) is 0 Å². The number of hydrogen-bond acceptors (Lipinski definition) is 5. The molecule has 1 fully saturated rings. The molecule has 21 heavy (non-hydrogen) atoms. The first-order chi connectivity index (χ1) is 10.2. The summed E-state index contributed by atoms with van der Waals surface area (Å²) in [5.74, 6) is 1.39. The first-order valence-corrected chi connectivity index (χ1v) is 7.82. The molecule has 0 spiro atoms. The maximum Gasteiger partial charge on any atom is 0.271 e. The van der Waals surface area contributed by atoms with Gasteiger partial charge in [-0.15, -0.1) is 10.2 Å². The summed E-state index contributed by atoms with van der Waals surface area (Å²) in [7, 11) is 0. The van der Waals surface area contributed by atoms with E-state index in [1.807, 2.05) is 13.0 Å². The van der Waals surface area contributed by atoms with Crippen LogP contribution in [0.1, 0.15) is 37.2 Å². The molecule has 6 nitrogen and oxygen atoms in total. The highest BCUT2D eigenvalue weighted by atomic mass is 16.1. The number of amides is 1. The molecule has 0 unspecified atom stereocenters. The molecular formula is C15H25N5O. The van der Waals surface area contributed by atoms with Crippen LogP contribution in [-0.4, -0.2) is 48.8 Å². The van der Waals surface area contributed by atoms with Gasteiger partial charge in [-0.05, 0) is 57.8 Å². The normalized spacial score (nSPS) is 15.7. The zero-order valence-corrected chi connectivity index (χ0v) is 12.9. The van der Waals surface area contributed by atoms with Gasteiger partial charge in [0.05, 0.1) is 0 Å². The van der Waals surface area contributed by atoms with Crippen molar-refractivity contribution in [3.8, 4) is 0 Å². The highest BCUT2D eigenvalue weighted by Gasteiger charge is 2.18. The lowest BCUT2D eigenvalue weighted by atomic mass is 9.97. The van der Waals surface area contributed by atoms with Crippen LogP contribution in [0.15, 0.2) is 12.1 Å². The minimum absolute atomic E-state index is 0.169. The number of hydrogen-bond donors (Lipinski definition) is 2. The molecular weight excluding hydrogens is 266 g/mol. The fraction of sp³-hybridized carbons (Fsp3) is 0.667. The maximum absolute atomic E-state index is 11.7. The van der Waals surface area contributed by atoms with Crippen molar-refractivity contribution in [2.45, 2.75) is 26.7 Å². The van der Waals surface area contributed by atoms with Crippen LogP contribution in [0.3, 0.4) is 0 Å². The molecule has 0 bridgehead atoms. The fourth-order valence-corrected chi connectivity index (χ4v) is 2.63. The first-order valence-electron chi connectivity index (χ1n) is 7.82. The average Bonchev–Trinajstić information content (AvgIpc) is 2.54. The van der Waals surface area contributed by atoms with Gasteiger partial charge in [0, 0.05) is 19.6 Å². The van der Waals surface area contributed by atoms with E-state index in [9.17, 15) is 4.79 Å². The molecule has 116 valence electrons. The van der Waals surface area contributed by atoms with Crippen LogP contribution in [0.2, 0.25) is 0 Å². The summed E-state index contributed by atoms with van der Waals surface area (Å²) in [4.78, 5) is 13.9. The van der Waals surface area contributed by atoms with Gasteiger partial charge in [0.25, 0.3) is 5.91 Å². The largest absolute Gasteiger partial charge is 0.355 e. The van der Waals surface area contributed by atoms with E-state index in [0.717, 1.165) is 32.0 Å². The van der Waals surface area contributed by atoms with Gasteiger partial charge >= 0.3 is 0 Å². The first kappa shape index (κ1) is 15.7. The van der Waals surface area contributed by atoms with Crippen molar-refractivity contribution in [3.63, 3.8) is 0 Å². The SMILES string of the molecule is CCNC(=O)c1ccc(N(CC)CC2CCNCC2)nn1. The minimum Gasteiger partial charge on any atom is -0.355 e. The van der Waals surface area contributed by atoms with E-state index in [0.29, 0.717) is 18.2 Å². The van der Waals surface area contributed by atoms with Crippen LogP contribution in [0.5, 0.6) is 0 Å². The number of nitrogens with one attached hydrogen (secondary N) is 2. The van der Waals surface area contributed by atoms with Gasteiger partial charge in [0.2, 0.25) is 0 Å². The van der Waals surface area contributed by atoms with Gasteiger partial charge in [0.15, 0.2) is 11.5 Å². The Labute approximate surface area is 126 Å². The van der Waals surface area contributed by atoms with E-state index in [4.69, 9.17) is 0 Å². The van der Waals surface area contributed by atoms with E-state index in [-0.39, 0.29) is 5.91 Å². The second kappa shape index (κ2) is 7.93. The number of anilines is 1. The minimum atomic E-state index is -0.169. The standard InChI is InChI=1S/C15H25N5O/c1-3-17-15(21)13-5-6-14(19-18-13)20(4-2)11-12-7-9-16-10-8-12/h5-6,12,16H,3-4,7-11H2,1-2H3,(H,17,21). The zero-order chi connectivity index (χ0) is 15.1. The molecule has 0 atom stereocenters. The molecule has 0 aromatic carbocycles. The van der Waals surface area contributed by atoms with Crippen LogP contribution in [0.25, 0.3) is 0 Å². The Morgan fingerprint density at radius 1 is 1.33 bits per heavy atom. The monoisotopic (exact) mass is 291 g/mol. The number of piperidine rings is 1. The van der Waals surface area contributed by atoms with E-state index in [1.165, 1.54) is 12.8 Å². The molecule has 0 aliphatic carbocycles. The van der Waals surface area contributed by atoms with Gasteiger partial charge in [-0.2, -0.15) is 0 Å². The molecule has 1 aromatic heterocycles. The third-order valence-corrected chi connectivity index (χ3v) is 3.86. The van der Waals surface area contributed by atoms with Crippen molar-refractivity contribution in [2.75, 3.05) is 37.6 Å². The van der Waals surface area contributed by atoms with Crippen molar-refractivity contribution in [2.24, 2.45) is 5.92 Å². The Kier molecular flexibility index (Phi) is 5.92. The number of rotatable bonds is 6. The Balaban J connectivity index is 1.99. The molecule has 6 heteroatoms. The summed E-state index contributed by atoms with van der Waals surface area (Å²) in [5.41, 5.74) is 0.374. The second-order valence-electron chi connectivity index (χ2n) is 5.37. The van der Waals surface area contributed by atoms with Crippen LogP contribution in [-0.2, 0) is 0 Å². The van der Waals surface area contributed by atoms with Crippen molar-refractivity contribution in [1.29, 1.82) is 0 Å². The predicted molar refractivity (Wildman–Crippen MR) is 83.5 cm³/mol. The molecule has 0 saturated carbocycles. The molecule has 1 saturated heterocycles. The summed E-state index contributed by atoms with van der Waals surface area (Å²) in [6.07, 6.45) is 2.42. The number of aromatic nitrogens is 2. The Morgan fingerprint density at radius 3 is 2.67 bits per heavy atom. The molecule has 2 N–H and O–H groups in total. The van der Waals surface area contributed by atoms with Gasteiger partial charge < -0.3 is 15.5 Å². The van der Waals surface area contributed by atoms with Crippen molar-refractivity contribution >= 4 is 11.7 Å². The van der Waals surface area contributed by atoms with Crippen LogP contribution in [0.4, 0.5) is 5.82 Å². The van der Waals surface area contributed by atoms with E-state index in [1.54, 1.807) is 6.07 Å². The lowest BCUT2D eigenvalue weighted by Crippen LogP contribution is -2.36. The molecule has 1 aliphatic rings. The summed E-state index contributed by atoms with van der Waals surface area (Å²) < 4.78 is 0. The number of carbonyl (C=O) groups excluding carboxylic acids is 1. The van der Waals surface area contributed by atoms with Gasteiger partial charge in [-0.25, -0.2) is 0 Å². The molecule has 2 rings (SSSR count). The van der Waals surface area contributed by atoms with E-state index in [2.05, 4.69) is 32.7 Å². The molecule has 0 radical (unpaired) electrons. The third-order valence-electron chi connectivity index (χ3n) is 3.86. The Hall–Kier alpha value is -1.69. The second-order valence-corrected chi connectivity index (χ2v) is 5.37. The summed E-state index contributed by atoms with van der Waals surface area (Å²) in [6, 6.07) is 3.64. The number of nitrogens with zero attached hydrogens (tertiary/aromatic N) is 3. The zero-order valence-electron chi connectivity index (χ0n) is 12.9. The summed E-state index contributed by atoms with van der Waals surface area (Å²) in [5, 5.41) is 14.4. The summed E-state index contributed by atoms with van der Waals surface area (Å²) >= 11 is 0. The Bertz CT molecular complexity index is 442. The third kappa shape index (κ3) is 4.39.